The number of amides is 1. The molecule has 1 amide bonds. The fourth-order valence-electron chi connectivity index (χ4n) is 3.20. The van der Waals surface area contributed by atoms with Gasteiger partial charge in [0.05, 0.1) is 0 Å². The molecule has 0 bridgehead atoms. The Morgan fingerprint density at radius 3 is 2.76 bits per heavy atom. The number of carbonyl (C=O) groups is 1. The summed E-state index contributed by atoms with van der Waals surface area (Å²) in [4.78, 5) is 15.5. The molecule has 12 heteroatoms. The summed E-state index contributed by atoms with van der Waals surface area (Å²) in [5.41, 5.74) is 0.912. The van der Waals surface area contributed by atoms with Gasteiger partial charge in [-0.15, -0.1) is 0 Å². The highest BCUT2D eigenvalue weighted by Gasteiger charge is 2.30. The molecule has 29 heavy (non-hydrogen) atoms. The van der Waals surface area contributed by atoms with Crippen LogP contribution in [-0.2, 0) is 14.8 Å². The third kappa shape index (κ3) is 5.58. The summed E-state index contributed by atoms with van der Waals surface area (Å²) >= 11 is 5.89. The van der Waals surface area contributed by atoms with Crippen LogP contribution < -0.4 is 15.8 Å². The standard InChI is InChI=1S/C17H23ClN6O4S/c1-9(2)20-17(25)28-11-4-3-10(7-11)12-8-15(24-23-12)21-14-6-5-13(16(18)22-14)29(19,26)27/h5-6,8-11H,3-4,7H2,1-2H3,(H,20,25)(H2,19,26,27)(H2,21,22,23,24)/t10-,11+/m1/s1. The number of hydrogen-bond acceptors (Lipinski definition) is 7. The highest BCUT2D eigenvalue weighted by Crippen LogP contribution is 2.36. The van der Waals surface area contributed by atoms with Gasteiger partial charge in [-0.05, 0) is 45.2 Å². The SMILES string of the molecule is CC(C)NC(=O)O[C@H]1CC[C@@H](c2cc(Nc3ccc(S(N)(=O)=O)c(Cl)n3)n[nH]2)C1. The van der Waals surface area contributed by atoms with Crippen molar-refractivity contribution < 1.29 is 17.9 Å². The molecule has 1 aliphatic carbocycles. The largest absolute Gasteiger partial charge is 0.446 e. The monoisotopic (exact) mass is 442 g/mol. The van der Waals surface area contributed by atoms with E-state index in [-0.39, 0.29) is 28.1 Å². The van der Waals surface area contributed by atoms with Crippen molar-refractivity contribution >= 4 is 39.4 Å². The summed E-state index contributed by atoms with van der Waals surface area (Å²) in [5.74, 6) is 1.03. The molecule has 2 aromatic rings. The molecule has 1 aliphatic rings. The number of aromatic nitrogens is 3. The predicted octanol–water partition coefficient (Wildman–Crippen LogP) is 2.62. The summed E-state index contributed by atoms with van der Waals surface area (Å²) < 4.78 is 28.2. The van der Waals surface area contributed by atoms with Crippen LogP contribution in [0.3, 0.4) is 0 Å². The van der Waals surface area contributed by atoms with E-state index in [0.717, 1.165) is 18.5 Å². The molecule has 5 N–H and O–H groups in total. The molecule has 1 fully saturated rings. The maximum atomic E-state index is 11.7. The molecule has 0 aliphatic heterocycles. The number of carbonyl (C=O) groups excluding carboxylic acids is 1. The lowest BCUT2D eigenvalue weighted by Gasteiger charge is -2.14. The quantitative estimate of drug-likeness (QED) is 0.501. The topological polar surface area (TPSA) is 152 Å². The number of H-pyrrole nitrogens is 1. The number of rotatable bonds is 6. The Kier molecular flexibility index (Phi) is 6.30. The number of nitrogens with two attached hydrogens (primary N) is 1. The van der Waals surface area contributed by atoms with Gasteiger partial charge in [0.1, 0.15) is 16.8 Å². The lowest BCUT2D eigenvalue weighted by Crippen LogP contribution is -2.33. The van der Waals surface area contributed by atoms with Crippen molar-refractivity contribution in [3.8, 4) is 0 Å². The number of alkyl carbamates (subject to hydrolysis) is 1. The van der Waals surface area contributed by atoms with Crippen LogP contribution in [0.15, 0.2) is 23.1 Å². The Hall–Kier alpha value is -2.37. The zero-order valence-electron chi connectivity index (χ0n) is 16.0. The number of nitrogens with zero attached hydrogens (tertiary/aromatic N) is 2. The normalized spacial score (nSPS) is 19.3. The average Bonchev–Trinajstić information content (AvgIpc) is 3.22. The Labute approximate surface area is 173 Å². The number of ether oxygens (including phenoxy) is 1. The molecule has 158 valence electrons. The van der Waals surface area contributed by atoms with Gasteiger partial charge < -0.3 is 15.4 Å². The zero-order valence-corrected chi connectivity index (χ0v) is 17.5. The van der Waals surface area contributed by atoms with Crippen molar-refractivity contribution in [1.82, 2.24) is 20.5 Å². The van der Waals surface area contributed by atoms with Crippen molar-refractivity contribution in [2.45, 2.75) is 56.1 Å². The number of sulfonamides is 1. The van der Waals surface area contributed by atoms with E-state index < -0.39 is 16.1 Å². The number of hydrogen-bond donors (Lipinski definition) is 4. The van der Waals surface area contributed by atoms with Crippen LogP contribution in [-0.4, -0.2) is 41.8 Å². The van der Waals surface area contributed by atoms with Gasteiger partial charge in [0.25, 0.3) is 0 Å². The first kappa shape index (κ1) is 21.3. The molecular formula is C17H23ClN6O4S. The van der Waals surface area contributed by atoms with Crippen LogP contribution in [0.1, 0.15) is 44.7 Å². The van der Waals surface area contributed by atoms with Crippen LogP contribution >= 0.6 is 11.6 Å². The summed E-state index contributed by atoms with van der Waals surface area (Å²) in [5, 5.41) is 17.7. The molecular weight excluding hydrogens is 420 g/mol. The maximum Gasteiger partial charge on any atom is 0.407 e. The third-order valence-corrected chi connectivity index (χ3v) is 5.82. The minimum absolute atomic E-state index is 0.0297. The minimum Gasteiger partial charge on any atom is -0.446 e. The van der Waals surface area contributed by atoms with E-state index in [2.05, 4.69) is 25.8 Å². The zero-order chi connectivity index (χ0) is 21.2. The molecule has 2 heterocycles. The van der Waals surface area contributed by atoms with Crippen LogP contribution in [0.25, 0.3) is 0 Å². The van der Waals surface area contributed by atoms with Crippen molar-refractivity contribution in [2.75, 3.05) is 5.32 Å². The number of pyridine rings is 1. The van der Waals surface area contributed by atoms with Crippen molar-refractivity contribution in [2.24, 2.45) is 5.14 Å². The smallest absolute Gasteiger partial charge is 0.407 e. The molecule has 0 radical (unpaired) electrons. The second-order valence-corrected chi connectivity index (χ2v) is 9.09. The van der Waals surface area contributed by atoms with Gasteiger partial charge in [0.15, 0.2) is 11.0 Å². The maximum absolute atomic E-state index is 11.7. The Balaban J connectivity index is 1.60. The first-order valence-corrected chi connectivity index (χ1v) is 11.0. The van der Waals surface area contributed by atoms with E-state index in [0.29, 0.717) is 18.1 Å². The lowest BCUT2D eigenvalue weighted by atomic mass is 10.0. The summed E-state index contributed by atoms with van der Waals surface area (Å²) in [7, 11) is -3.94. The molecule has 0 aromatic carbocycles. The summed E-state index contributed by atoms with van der Waals surface area (Å²) in [6.45, 7) is 3.75. The van der Waals surface area contributed by atoms with Crippen LogP contribution in [0, 0.1) is 0 Å². The summed E-state index contributed by atoms with van der Waals surface area (Å²) in [6.07, 6.45) is 1.83. The second kappa shape index (κ2) is 8.56. The highest BCUT2D eigenvalue weighted by molar-refractivity contribution is 7.89. The number of anilines is 2. The van der Waals surface area contributed by atoms with Crippen LogP contribution in [0.5, 0.6) is 0 Å². The number of primary sulfonamides is 1. The first-order chi connectivity index (χ1) is 13.6. The van der Waals surface area contributed by atoms with Crippen LogP contribution in [0.4, 0.5) is 16.4 Å². The number of aromatic amines is 1. The van der Waals surface area contributed by atoms with E-state index in [1.807, 2.05) is 19.9 Å². The average molecular weight is 443 g/mol. The van der Waals surface area contributed by atoms with E-state index in [1.54, 1.807) is 0 Å². The van der Waals surface area contributed by atoms with E-state index >= 15 is 0 Å². The number of nitrogens with one attached hydrogen (secondary N) is 3. The second-order valence-electron chi connectivity index (χ2n) is 7.20. The molecule has 3 rings (SSSR count). The van der Waals surface area contributed by atoms with Gasteiger partial charge in [-0.3, -0.25) is 5.10 Å². The van der Waals surface area contributed by atoms with E-state index in [4.69, 9.17) is 21.5 Å². The van der Waals surface area contributed by atoms with E-state index in [9.17, 15) is 13.2 Å². The fourth-order valence-corrected chi connectivity index (χ4v) is 4.21. The molecule has 2 aromatic heterocycles. The highest BCUT2D eigenvalue weighted by atomic mass is 35.5. The van der Waals surface area contributed by atoms with Crippen molar-refractivity contribution in [1.29, 1.82) is 0 Å². The van der Waals surface area contributed by atoms with Crippen molar-refractivity contribution in [3.63, 3.8) is 0 Å². The van der Waals surface area contributed by atoms with E-state index in [1.165, 1.54) is 12.1 Å². The first-order valence-electron chi connectivity index (χ1n) is 9.10. The van der Waals surface area contributed by atoms with Gasteiger partial charge >= 0.3 is 6.09 Å². The van der Waals surface area contributed by atoms with Gasteiger partial charge in [-0.2, -0.15) is 5.10 Å². The number of halogens is 1. The van der Waals surface area contributed by atoms with Gasteiger partial charge in [-0.1, -0.05) is 11.6 Å². The minimum atomic E-state index is -3.94. The molecule has 0 unspecified atom stereocenters. The molecule has 2 atom stereocenters. The van der Waals surface area contributed by atoms with Crippen LogP contribution in [0.2, 0.25) is 5.15 Å². The Morgan fingerprint density at radius 2 is 2.10 bits per heavy atom. The van der Waals surface area contributed by atoms with Crippen molar-refractivity contribution in [3.05, 3.63) is 29.0 Å². The van der Waals surface area contributed by atoms with Gasteiger partial charge in [-0.25, -0.2) is 23.3 Å². The van der Waals surface area contributed by atoms with Gasteiger partial charge in [0, 0.05) is 23.7 Å². The Morgan fingerprint density at radius 1 is 1.34 bits per heavy atom. The third-order valence-electron chi connectivity index (χ3n) is 4.48. The summed E-state index contributed by atoms with van der Waals surface area (Å²) in [6, 6.07) is 4.60. The predicted molar refractivity (Wildman–Crippen MR) is 108 cm³/mol. The lowest BCUT2D eigenvalue weighted by molar-refractivity contribution is 0.0981. The van der Waals surface area contributed by atoms with Gasteiger partial charge in [0.2, 0.25) is 10.0 Å². The fraction of sp³-hybridized carbons (Fsp3) is 0.471. The molecule has 0 spiro atoms. The molecule has 1 saturated carbocycles. The molecule has 0 saturated heterocycles. The molecule has 10 nitrogen and oxygen atoms in total. The Bertz CT molecular complexity index is 994.